The van der Waals surface area contributed by atoms with Crippen LogP contribution >= 0.6 is 0 Å². The zero-order valence-corrected chi connectivity index (χ0v) is 19.8. The smallest absolute Gasteiger partial charge is 0.156 e. The maximum absolute atomic E-state index is 12.2. The molecule has 0 radical (unpaired) electrons. The van der Waals surface area contributed by atoms with E-state index in [1.165, 1.54) is 16.7 Å². The van der Waals surface area contributed by atoms with E-state index in [4.69, 9.17) is 9.47 Å². The summed E-state index contributed by atoms with van der Waals surface area (Å²) >= 11 is 0. The summed E-state index contributed by atoms with van der Waals surface area (Å²) < 4.78 is 11.7. The molecule has 1 aromatic rings. The molecule has 0 N–H and O–H groups in total. The van der Waals surface area contributed by atoms with E-state index in [0.29, 0.717) is 30.0 Å². The molecule has 4 aliphatic carbocycles. The fourth-order valence-corrected chi connectivity index (χ4v) is 7.58. The van der Waals surface area contributed by atoms with Crippen molar-refractivity contribution in [3.8, 4) is 17.6 Å². The number of carbonyl (C=O) groups is 1. The normalized spacial score (nSPS) is 35.8. The van der Waals surface area contributed by atoms with Gasteiger partial charge in [-0.2, -0.15) is 0 Å². The van der Waals surface area contributed by atoms with Crippen molar-refractivity contribution in [2.45, 2.75) is 70.3 Å². The summed E-state index contributed by atoms with van der Waals surface area (Å²) in [7, 11) is 3.57. The van der Waals surface area contributed by atoms with Gasteiger partial charge in [0.15, 0.2) is 5.78 Å². The molecule has 0 unspecified atom stereocenters. The largest absolute Gasteiger partial charge is 0.497 e. The van der Waals surface area contributed by atoms with Gasteiger partial charge in [0.25, 0.3) is 0 Å². The number of ether oxygens (including phenoxy) is 2. The molecule has 0 spiro atoms. The fraction of sp³-hybridized carbons (Fsp3) is 0.552. The number of methoxy groups -OCH3 is 2. The lowest BCUT2D eigenvalue weighted by Crippen LogP contribution is -2.52. The van der Waals surface area contributed by atoms with Gasteiger partial charge in [0.1, 0.15) is 11.4 Å². The Hall–Kier alpha value is -2.31. The number of carbonyl (C=O) groups excluding carboxylic acids is 1. The molecular weight excluding hydrogens is 396 g/mol. The molecule has 168 valence electrons. The van der Waals surface area contributed by atoms with Gasteiger partial charge >= 0.3 is 0 Å². The molecule has 3 nitrogen and oxygen atoms in total. The Morgan fingerprint density at radius 2 is 1.84 bits per heavy atom. The van der Waals surface area contributed by atoms with Gasteiger partial charge in [-0.1, -0.05) is 30.6 Å². The summed E-state index contributed by atoms with van der Waals surface area (Å²) in [5.41, 5.74) is 5.36. The van der Waals surface area contributed by atoms with Gasteiger partial charge in [-0.3, -0.25) is 4.79 Å². The lowest BCUT2D eigenvalue weighted by molar-refractivity contribution is -0.114. The number of rotatable bonds is 3. The van der Waals surface area contributed by atoms with Crippen LogP contribution in [0.1, 0.15) is 70.3 Å². The minimum absolute atomic E-state index is 0.00418. The highest BCUT2D eigenvalue weighted by Gasteiger charge is 2.63. The second kappa shape index (κ2) is 7.92. The van der Waals surface area contributed by atoms with Crippen molar-refractivity contribution in [2.24, 2.45) is 17.3 Å². The van der Waals surface area contributed by atoms with E-state index >= 15 is 0 Å². The Balaban J connectivity index is 1.69. The lowest BCUT2D eigenvalue weighted by atomic mass is 9.51. The van der Waals surface area contributed by atoms with Crippen molar-refractivity contribution in [3.05, 3.63) is 52.6 Å². The highest BCUT2D eigenvalue weighted by molar-refractivity contribution is 5.93. The summed E-state index contributed by atoms with van der Waals surface area (Å²) in [5.74, 6) is 9.35. The second-order valence-electron chi connectivity index (χ2n) is 10.2. The van der Waals surface area contributed by atoms with E-state index in [0.717, 1.165) is 44.3 Å². The Morgan fingerprint density at radius 3 is 2.53 bits per heavy atom. The van der Waals surface area contributed by atoms with Crippen LogP contribution in [0.4, 0.5) is 0 Å². The summed E-state index contributed by atoms with van der Waals surface area (Å²) in [6.07, 6.45) is 8.84. The third-order valence-electron chi connectivity index (χ3n) is 9.05. The average molecular weight is 431 g/mol. The number of benzene rings is 1. The quantitative estimate of drug-likeness (QED) is 0.552. The zero-order chi connectivity index (χ0) is 22.5. The van der Waals surface area contributed by atoms with Crippen molar-refractivity contribution < 1.29 is 14.3 Å². The first-order valence-electron chi connectivity index (χ1n) is 12.1. The Labute approximate surface area is 192 Å². The van der Waals surface area contributed by atoms with Crippen LogP contribution in [-0.2, 0) is 9.53 Å². The summed E-state index contributed by atoms with van der Waals surface area (Å²) in [6, 6.07) is 8.63. The van der Waals surface area contributed by atoms with Crippen LogP contribution in [0.3, 0.4) is 0 Å². The van der Waals surface area contributed by atoms with E-state index in [2.05, 4.69) is 43.0 Å². The molecule has 0 saturated heterocycles. The van der Waals surface area contributed by atoms with Crippen LogP contribution < -0.4 is 4.74 Å². The minimum Gasteiger partial charge on any atom is -0.497 e. The summed E-state index contributed by atoms with van der Waals surface area (Å²) in [6.45, 7) is 4.37. The molecule has 2 saturated carbocycles. The molecule has 0 heterocycles. The maximum Gasteiger partial charge on any atom is 0.156 e. The van der Waals surface area contributed by atoms with Crippen molar-refractivity contribution in [1.29, 1.82) is 0 Å². The molecule has 1 aromatic carbocycles. The van der Waals surface area contributed by atoms with Crippen molar-refractivity contribution in [1.82, 2.24) is 0 Å². The molecule has 0 amide bonds. The Morgan fingerprint density at radius 1 is 1.06 bits per heavy atom. The maximum atomic E-state index is 12.2. The number of fused-ring (bicyclic) bond motifs is 4. The van der Waals surface area contributed by atoms with E-state index in [1.807, 2.05) is 20.1 Å². The molecule has 0 bridgehead atoms. The Kier molecular flexibility index (Phi) is 5.33. The molecule has 0 aromatic heterocycles. The SMILES string of the molecule is CC#C[C@@]1(OC)CC[C@H]2[C@@H]3CCC4=CC(=O)CCC4=C3[C@@H](c3ccc(OC)cc3)C[C@@]21C. The first kappa shape index (κ1) is 21.5. The first-order valence-corrected chi connectivity index (χ1v) is 12.1. The summed E-state index contributed by atoms with van der Waals surface area (Å²) in [4.78, 5) is 12.2. The standard InChI is InChI=1S/C29H34O3/c1-5-15-29(32-4)16-14-26-24-12-8-20-17-21(30)9-13-23(20)27(24)25(18-28(26,29)2)19-6-10-22(31-3)11-7-19/h6-7,10-11,17,24-26H,8-9,12-14,16,18H2,1-4H3/t24-,25+,26-,28-,29+/m0/s1. The van der Waals surface area contributed by atoms with E-state index in [9.17, 15) is 4.79 Å². The van der Waals surface area contributed by atoms with E-state index in [-0.39, 0.29) is 11.0 Å². The third kappa shape index (κ3) is 3.03. The second-order valence-corrected chi connectivity index (χ2v) is 10.2. The van der Waals surface area contributed by atoms with E-state index in [1.54, 1.807) is 12.7 Å². The van der Waals surface area contributed by atoms with Gasteiger partial charge in [0.2, 0.25) is 0 Å². The van der Waals surface area contributed by atoms with Crippen molar-refractivity contribution >= 4 is 5.78 Å². The van der Waals surface area contributed by atoms with Crippen molar-refractivity contribution in [3.63, 3.8) is 0 Å². The number of allylic oxidation sites excluding steroid dienone is 4. The van der Waals surface area contributed by atoms with Crippen LogP contribution in [0.25, 0.3) is 0 Å². The zero-order valence-electron chi connectivity index (χ0n) is 19.8. The van der Waals surface area contributed by atoms with Gasteiger partial charge in [-0.05, 0) is 92.2 Å². The third-order valence-corrected chi connectivity index (χ3v) is 9.05. The average Bonchev–Trinajstić information content (AvgIpc) is 3.10. The molecule has 32 heavy (non-hydrogen) atoms. The fourth-order valence-electron chi connectivity index (χ4n) is 7.58. The monoisotopic (exact) mass is 430 g/mol. The van der Waals surface area contributed by atoms with E-state index < -0.39 is 0 Å². The molecule has 5 rings (SSSR count). The summed E-state index contributed by atoms with van der Waals surface area (Å²) in [5, 5.41) is 0. The molecule has 3 heteroatoms. The van der Waals surface area contributed by atoms with Crippen LogP contribution in [-0.4, -0.2) is 25.6 Å². The molecule has 5 atom stereocenters. The number of hydrogen-bond acceptors (Lipinski definition) is 3. The van der Waals surface area contributed by atoms with Gasteiger partial charge in [0.05, 0.1) is 7.11 Å². The molecule has 2 fully saturated rings. The van der Waals surface area contributed by atoms with Crippen LogP contribution in [0, 0.1) is 29.1 Å². The molecule has 0 aliphatic heterocycles. The van der Waals surface area contributed by atoms with Crippen molar-refractivity contribution in [2.75, 3.05) is 14.2 Å². The molecular formula is C29H34O3. The lowest BCUT2D eigenvalue weighted by Gasteiger charge is -2.54. The highest BCUT2D eigenvalue weighted by Crippen LogP contribution is 2.67. The first-order chi connectivity index (χ1) is 15.5. The van der Waals surface area contributed by atoms with Crippen LogP contribution in [0.5, 0.6) is 5.75 Å². The number of ketones is 1. The van der Waals surface area contributed by atoms with Crippen LogP contribution in [0.15, 0.2) is 47.1 Å². The Bertz CT molecular complexity index is 1050. The predicted octanol–water partition coefficient (Wildman–Crippen LogP) is 6.00. The van der Waals surface area contributed by atoms with Gasteiger partial charge < -0.3 is 9.47 Å². The highest BCUT2D eigenvalue weighted by atomic mass is 16.5. The topological polar surface area (TPSA) is 35.5 Å². The minimum atomic E-state index is -0.383. The van der Waals surface area contributed by atoms with Gasteiger partial charge in [0, 0.05) is 24.9 Å². The van der Waals surface area contributed by atoms with Crippen LogP contribution in [0.2, 0.25) is 0 Å². The molecule has 4 aliphatic rings. The van der Waals surface area contributed by atoms with Gasteiger partial charge in [-0.25, -0.2) is 0 Å². The predicted molar refractivity (Wildman–Crippen MR) is 126 cm³/mol. The number of hydrogen-bond donors (Lipinski definition) is 0. The van der Waals surface area contributed by atoms with Gasteiger partial charge in [-0.15, -0.1) is 5.92 Å².